The van der Waals surface area contributed by atoms with Crippen LogP contribution in [-0.2, 0) is 24.2 Å². The molecule has 0 atom stereocenters. The van der Waals surface area contributed by atoms with Gasteiger partial charge in [0.15, 0.2) is 0 Å². The van der Waals surface area contributed by atoms with E-state index in [1.807, 2.05) is 60.7 Å². The van der Waals surface area contributed by atoms with E-state index in [0.29, 0.717) is 6.61 Å². The second kappa shape index (κ2) is 8.23. The number of aromatic amines is 1. The molecule has 4 aromatic rings. The molecule has 0 radical (unpaired) electrons. The predicted molar refractivity (Wildman–Crippen MR) is 115 cm³/mol. The Balaban J connectivity index is 1.79. The summed E-state index contributed by atoms with van der Waals surface area (Å²) in [5.41, 5.74) is 5.67. The van der Waals surface area contributed by atoms with Crippen molar-refractivity contribution in [3.05, 3.63) is 89.5 Å². The topological polar surface area (TPSA) is 62.3 Å². The van der Waals surface area contributed by atoms with Gasteiger partial charge >= 0.3 is 5.97 Å². The lowest BCUT2D eigenvalue weighted by Gasteiger charge is -2.12. The van der Waals surface area contributed by atoms with Crippen molar-refractivity contribution in [3.8, 4) is 17.0 Å². The van der Waals surface area contributed by atoms with Crippen LogP contribution in [-0.4, -0.2) is 16.1 Å². The fourth-order valence-electron chi connectivity index (χ4n) is 3.61. The number of benzene rings is 3. The number of carboxylic acids is 1. The molecule has 0 unspecified atom stereocenters. The highest BCUT2D eigenvalue weighted by atomic mass is 16.5. The van der Waals surface area contributed by atoms with Crippen LogP contribution in [0.25, 0.3) is 22.2 Å². The minimum absolute atomic E-state index is 0.0461. The van der Waals surface area contributed by atoms with E-state index in [-0.39, 0.29) is 6.42 Å². The Kier molecular flexibility index (Phi) is 5.34. The molecular formula is C25H23NO3. The normalized spacial score (nSPS) is 10.9. The van der Waals surface area contributed by atoms with Gasteiger partial charge in [-0.1, -0.05) is 55.5 Å². The van der Waals surface area contributed by atoms with E-state index in [4.69, 9.17) is 4.74 Å². The van der Waals surface area contributed by atoms with Crippen LogP contribution >= 0.6 is 0 Å². The van der Waals surface area contributed by atoms with Gasteiger partial charge in [-0.15, -0.1) is 0 Å². The molecule has 0 aliphatic carbocycles. The molecule has 0 bridgehead atoms. The molecule has 3 aromatic carbocycles. The average molecular weight is 385 g/mol. The summed E-state index contributed by atoms with van der Waals surface area (Å²) in [5, 5.41) is 10.5. The minimum atomic E-state index is -0.850. The molecule has 0 saturated heterocycles. The molecule has 4 nitrogen and oxygen atoms in total. The van der Waals surface area contributed by atoms with E-state index in [9.17, 15) is 9.90 Å². The number of aromatic nitrogens is 1. The molecule has 2 N–H and O–H groups in total. The number of ether oxygens (including phenoxy) is 1. The van der Waals surface area contributed by atoms with Crippen LogP contribution in [0.4, 0.5) is 0 Å². The summed E-state index contributed by atoms with van der Waals surface area (Å²) >= 11 is 0. The van der Waals surface area contributed by atoms with Crippen molar-refractivity contribution in [3.63, 3.8) is 0 Å². The first-order valence-corrected chi connectivity index (χ1v) is 9.77. The number of H-pyrrole nitrogens is 1. The lowest BCUT2D eigenvalue weighted by atomic mass is 10.0. The van der Waals surface area contributed by atoms with E-state index in [1.165, 1.54) is 5.56 Å². The van der Waals surface area contributed by atoms with Crippen LogP contribution in [0.15, 0.2) is 72.8 Å². The maximum Gasteiger partial charge on any atom is 0.307 e. The van der Waals surface area contributed by atoms with Crippen molar-refractivity contribution in [2.24, 2.45) is 0 Å². The molecule has 0 aliphatic heterocycles. The standard InChI is InChI=1S/C25H23NO3/c1-2-17-12-13-22-20(14-17)21(15-24(27)28)25(26-22)19-10-6-7-11-23(19)29-16-18-8-4-3-5-9-18/h3-14,26H,2,15-16H2,1H3,(H,27,28). The largest absolute Gasteiger partial charge is 0.488 e. The van der Waals surface area contributed by atoms with E-state index >= 15 is 0 Å². The summed E-state index contributed by atoms with van der Waals surface area (Å²) in [7, 11) is 0. The van der Waals surface area contributed by atoms with Crippen molar-refractivity contribution in [2.45, 2.75) is 26.4 Å². The van der Waals surface area contributed by atoms with Gasteiger partial charge in [-0.25, -0.2) is 0 Å². The molecule has 1 aromatic heterocycles. The van der Waals surface area contributed by atoms with Gasteiger partial charge in [-0.2, -0.15) is 0 Å². The summed E-state index contributed by atoms with van der Waals surface area (Å²) in [4.78, 5) is 15.0. The minimum Gasteiger partial charge on any atom is -0.488 e. The monoisotopic (exact) mass is 385 g/mol. The quantitative estimate of drug-likeness (QED) is 0.435. The number of hydrogen-bond donors (Lipinski definition) is 2. The summed E-state index contributed by atoms with van der Waals surface area (Å²) in [5.74, 6) is -0.123. The number of fused-ring (bicyclic) bond motifs is 1. The summed E-state index contributed by atoms with van der Waals surface area (Å²) in [6.07, 6.45) is 0.856. The van der Waals surface area contributed by atoms with Crippen molar-refractivity contribution in [2.75, 3.05) is 0 Å². The number of aryl methyl sites for hydroxylation is 1. The molecule has 4 rings (SSSR count). The van der Waals surface area contributed by atoms with Crippen LogP contribution in [0.5, 0.6) is 5.75 Å². The second-order valence-corrected chi connectivity index (χ2v) is 7.05. The summed E-state index contributed by atoms with van der Waals surface area (Å²) in [6, 6.07) is 23.9. The van der Waals surface area contributed by atoms with E-state index in [1.54, 1.807) is 0 Å². The van der Waals surface area contributed by atoms with Gasteiger partial charge in [0.2, 0.25) is 0 Å². The first kappa shape index (κ1) is 18.8. The highest BCUT2D eigenvalue weighted by Gasteiger charge is 2.19. The number of carbonyl (C=O) groups is 1. The lowest BCUT2D eigenvalue weighted by molar-refractivity contribution is -0.136. The molecule has 0 amide bonds. The highest BCUT2D eigenvalue weighted by Crippen LogP contribution is 2.36. The van der Waals surface area contributed by atoms with Crippen molar-refractivity contribution in [1.29, 1.82) is 0 Å². The Labute approximate surface area is 169 Å². The first-order chi connectivity index (χ1) is 14.2. The van der Waals surface area contributed by atoms with Crippen molar-refractivity contribution < 1.29 is 14.6 Å². The van der Waals surface area contributed by atoms with E-state index < -0.39 is 5.97 Å². The molecule has 1 heterocycles. The fraction of sp³-hybridized carbons (Fsp3) is 0.160. The van der Waals surface area contributed by atoms with Gasteiger partial charge in [-0.05, 0) is 47.4 Å². The zero-order chi connectivity index (χ0) is 20.2. The van der Waals surface area contributed by atoms with Gasteiger partial charge in [0, 0.05) is 16.5 Å². The highest BCUT2D eigenvalue weighted by molar-refractivity contribution is 5.95. The fourth-order valence-corrected chi connectivity index (χ4v) is 3.61. The Hall–Kier alpha value is -3.53. The second-order valence-electron chi connectivity index (χ2n) is 7.05. The van der Waals surface area contributed by atoms with E-state index in [0.717, 1.165) is 45.5 Å². The smallest absolute Gasteiger partial charge is 0.307 e. The van der Waals surface area contributed by atoms with Crippen molar-refractivity contribution in [1.82, 2.24) is 4.98 Å². The van der Waals surface area contributed by atoms with Gasteiger partial charge < -0.3 is 14.8 Å². The summed E-state index contributed by atoms with van der Waals surface area (Å²) in [6.45, 7) is 2.55. The lowest BCUT2D eigenvalue weighted by Crippen LogP contribution is -2.02. The molecule has 0 saturated carbocycles. The van der Waals surface area contributed by atoms with E-state index in [2.05, 4.69) is 24.0 Å². The van der Waals surface area contributed by atoms with Crippen LogP contribution in [0.2, 0.25) is 0 Å². The number of nitrogens with one attached hydrogen (secondary N) is 1. The zero-order valence-electron chi connectivity index (χ0n) is 16.3. The van der Waals surface area contributed by atoms with Gasteiger partial charge in [0.05, 0.1) is 12.1 Å². The molecule has 0 spiro atoms. The van der Waals surface area contributed by atoms with Gasteiger partial charge in [0.25, 0.3) is 0 Å². The summed E-state index contributed by atoms with van der Waals surface area (Å²) < 4.78 is 6.11. The molecule has 146 valence electrons. The Morgan fingerprint density at radius 1 is 0.966 bits per heavy atom. The molecule has 29 heavy (non-hydrogen) atoms. The number of carboxylic acid groups (broad SMARTS) is 1. The SMILES string of the molecule is CCc1ccc2[nH]c(-c3ccccc3OCc3ccccc3)c(CC(=O)O)c2c1. The van der Waals surface area contributed by atoms with Crippen LogP contribution in [0.3, 0.4) is 0 Å². The maximum atomic E-state index is 11.6. The predicted octanol–water partition coefficient (Wildman–Crippen LogP) is 5.60. The first-order valence-electron chi connectivity index (χ1n) is 9.77. The molecule has 0 fully saturated rings. The number of aliphatic carboxylic acids is 1. The third-order valence-electron chi connectivity index (χ3n) is 5.10. The maximum absolute atomic E-state index is 11.6. The molecular weight excluding hydrogens is 362 g/mol. The number of para-hydroxylation sites is 1. The number of hydrogen-bond acceptors (Lipinski definition) is 2. The van der Waals surface area contributed by atoms with Crippen LogP contribution in [0, 0.1) is 0 Å². The van der Waals surface area contributed by atoms with Crippen LogP contribution < -0.4 is 4.74 Å². The Morgan fingerprint density at radius 2 is 1.72 bits per heavy atom. The molecule has 4 heteroatoms. The van der Waals surface area contributed by atoms with Crippen molar-refractivity contribution >= 4 is 16.9 Å². The zero-order valence-corrected chi connectivity index (χ0v) is 16.3. The number of rotatable bonds is 7. The molecule has 0 aliphatic rings. The Bertz CT molecular complexity index is 1150. The Morgan fingerprint density at radius 3 is 2.48 bits per heavy atom. The third-order valence-corrected chi connectivity index (χ3v) is 5.10. The average Bonchev–Trinajstić information content (AvgIpc) is 3.10. The van der Waals surface area contributed by atoms with Gasteiger partial charge in [-0.3, -0.25) is 4.79 Å². The van der Waals surface area contributed by atoms with Crippen LogP contribution in [0.1, 0.15) is 23.6 Å². The van der Waals surface area contributed by atoms with Gasteiger partial charge in [0.1, 0.15) is 12.4 Å². The third kappa shape index (κ3) is 4.02.